The molecule has 0 aromatic carbocycles. The molecule has 1 saturated heterocycles. The molecule has 0 aromatic heterocycles. The fraction of sp³-hybridized carbons (Fsp3) is 1.00. The van der Waals surface area contributed by atoms with Crippen molar-refractivity contribution in [3.05, 3.63) is 0 Å². The van der Waals surface area contributed by atoms with Crippen molar-refractivity contribution in [2.45, 2.75) is 51.5 Å². The summed E-state index contributed by atoms with van der Waals surface area (Å²) in [7, 11) is 0. The Kier molecular flexibility index (Phi) is 4.45. The Hall–Kier alpha value is -0.0800. The molecule has 2 rings (SSSR count). The van der Waals surface area contributed by atoms with Gasteiger partial charge in [0.05, 0.1) is 0 Å². The van der Waals surface area contributed by atoms with Gasteiger partial charge in [-0.05, 0) is 50.5 Å². The van der Waals surface area contributed by atoms with Crippen molar-refractivity contribution in [3.63, 3.8) is 0 Å². The summed E-state index contributed by atoms with van der Waals surface area (Å²) in [6.45, 7) is 5.57. The highest BCUT2D eigenvalue weighted by Crippen LogP contribution is 2.25. The molecule has 0 spiro atoms. The van der Waals surface area contributed by atoms with E-state index in [1.54, 1.807) is 0 Å². The van der Waals surface area contributed by atoms with Crippen molar-refractivity contribution in [1.82, 2.24) is 5.32 Å². The summed E-state index contributed by atoms with van der Waals surface area (Å²) in [6.07, 6.45) is 8.15. The Balaban J connectivity index is 1.63. The molecular weight excluding hydrogens is 186 g/mol. The van der Waals surface area contributed by atoms with Gasteiger partial charge in [-0.3, -0.25) is 0 Å². The summed E-state index contributed by atoms with van der Waals surface area (Å²) in [5.41, 5.74) is 0. The maximum Gasteiger partial charge on any atom is 0.0468 e. The second-order valence-corrected chi connectivity index (χ2v) is 5.25. The van der Waals surface area contributed by atoms with Gasteiger partial charge >= 0.3 is 0 Å². The van der Waals surface area contributed by atoms with E-state index in [0.29, 0.717) is 0 Å². The van der Waals surface area contributed by atoms with Gasteiger partial charge < -0.3 is 10.1 Å². The van der Waals surface area contributed by atoms with E-state index in [1.165, 1.54) is 45.1 Å². The molecule has 1 heterocycles. The molecule has 2 nitrogen and oxygen atoms in total. The average Bonchev–Trinajstić information content (AvgIpc) is 3.09. The van der Waals surface area contributed by atoms with Gasteiger partial charge in [-0.15, -0.1) is 0 Å². The summed E-state index contributed by atoms with van der Waals surface area (Å²) in [4.78, 5) is 0. The Morgan fingerprint density at radius 2 is 1.93 bits per heavy atom. The zero-order chi connectivity index (χ0) is 10.5. The maximum absolute atomic E-state index is 5.41. The first kappa shape index (κ1) is 11.4. The number of nitrogens with one attached hydrogen (secondary N) is 1. The molecule has 2 aliphatic rings. The molecule has 2 fully saturated rings. The minimum absolute atomic E-state index is 0.869. The van der Waals surface area contributed by atoms with Gasteiger partial charge in [-0.1, -0.05) is 13.3 Å². The van der Waals surface area contributed by atoms with Gasteiger partial charge in [0.2, 0.25) is 0 Å². The fourth-order valence-electron chi connectivity index (χ4n) is 2.47. The third-order valence-corrected chi connectivity index (χ3v) is 3.86. The molecule has 1 aliphatic heterocycles. The van der Waals surface area contributed by atoms with E-state index in [9.17, 15) is 0 Å². The van der Waals surface area contributed by atoms with Crippen LogP contribution in [-0.4, -0.2) is 25.8 Å². The van der Waals surface area contributed by atoms with Crippen LogP contribution in [0.1, 0.15) is 45.4 Å². The summed E-state index contributed by atoms with van der Waals surface area (Å²) < 4.78 is 5.41. The molecule has 1 unspecified atom stereocenters. The van der Waals surface area contributed by atoms with Crippen LogP contribution in [0.15, 0.2) is 0 Å². The Morgan fingerprint density at radius 3 is 2.53 bits per heavy atom. The topological polar surface area (TPSA) is 21.3 Å². The van der Waals surface area contributed by atoms with E-state index < -0.39 is 0 Å². The summed E-state index contributed by atoms with van der Waals surface area (Å²) in [6, 6.07) is 0.869. The largest absolute Gasteiger partial charge is 0.381 e. The molecule has 0 bridgehead atoms. The predicted octanol–water partition coefficient (Wildman–Crippen LogP) is 2.58. The Labute approximate surface area is 93.8 Å². The zero-order valence-electron chi connectivity index (χ0n) is 10.0. The molecule has 0 amide bonds. The van der Waals surface area contributed by atoms with Crippen LogP contribution in [0.5, 0.6) is 0 Å². The first-order chi connectivity index (χ1) is 7.38. The second kappa shape index (κ2) is 5.86. The lowest BCUT2D eigenvalue weighted by Crippen LogP contribution is -2.27. The van der Waals surface area contributed by atoms with Gasteiger partial charge in [0.1, 0.15) is 0 Å². The predicted molar refractivity (Wildman–Crippen MR) is 63.0 cm³/mol. The monoisotopic (exact) mass is 211 g/mol. The molecular formula is C13H25NO. The SMILES string of the molecule is CCC(CNC1CC1)CC1CCOCC1. The maximum atomic E-state index is 5.41. The van der Waals surface area contributed by atoms with E-state index >= 15 is 0 Å². The molecule has 15 heavy (non-hydrogen) atoms. The lowest BCUT2D eigenvalue weighted by Gasteiger charge is -2.26. The third kappa shape index (κ3) is 4.12. The van der Waals surface area contributed by atoms with E-state index in [1.807, 2.05) is 0 Å². The molecule has 88 valence electrons. The molecule has 2 heteroatoms. The van der Waals surface area contributed by atoms with Crippen molar-refractivity contribution in [3.8, 4) is 0 Å². The highest BCUT2D eigenvalue weighted by molar-refractivity contribution is 4.82. The first-order valence-corrected chi connectivity index (χ1v) is 6.69. The van der Waals surface area contributed by atoms with Crippen molar-refractivity contribution < 1.29 is 4.74 Å². The summed E-state index contributed by atoms with van der Waals surface area (Å²) in [5, 5.41) is 3.67. The fourth-order valence-corrected chi connectivity index (χ4v) is 2.47. The average molecular weight is 211 g/mol. The molecule has 0 radical (unpaired) electrons. The molecule has 0 aromatic rings. The molecule has 1 aliphatic carbocycles. The minimum atomic E-state index is 0.869. The number of ether oxygens (including phenoxy) is 1. The molecule has 1 N–H and O–H groups in total. The van der Waals surface area contributed by atoms with Gasteiger partial charge in [-0.2, -0.15) is 0 Å². The molecule has 1 atom stereocenters. The lowest BCUT2D eigenvalue weighted by molar-refractivity contribution is 0.0582. The Bertz CT molecular complexity index is 173. The van der Waals surface area contributed by atoms with E-state index in [-0.39, 0.29) is 0 Å². The second-order valence-electron chi connectivity index (χ2n) is 5.25. The van der Waals surface area contributed by atoms with E-state index in [0.717, 1.165) is 31.1 Å². The van der Waals surface area contributed by atoms with Gasteiger partial charge in [0.25, 0.3) is 0 Å². The van der Waals surface area contributed by atoms with E-state index in [4.69, 9.17) is 4.74 Å². The van der Waals surface area contributed by atoms with Gasteiger partial charge in [0.15, 0.2) is 0 Å². The normalized spacial score (nSPS) is 25.4. The lowest BCUT2D eigenvalue weighted by atomic mass is 9.87. The highest BCUT2D eigenvalue weighted by Gasteiger charge is 2.23. The van der Waals surface area contributed by atoms with Crippen LogP contribution in [0, 0.1) is 11.8 Å². The number of hydrogen-bond acceptors (Lipinski definition) is 2. The quantitative estimate of drug-likeness (QED) is 0.729. The third-order valence-electron chi connectivity index (χ3n) is 3.86. The summed E-state index contributed by atoms with van der Waals surface area (Å²) >= 11 is 0. The van der Waals surface area contributed by atoms with Gasteiger partial charge in [0, 0.05) is 19.3 Å². The van der Waals surface area contributed by atoms with Crippen LogP contribution >= 0.6 is 0 Å². The molecule has 1 saturated carbocycles. The highest BCUT2D eigenvalue weighted by atomic mass is 16.5. The summed E-state index contributed by atoms with van der Waals surface area (Å²) in [5.74, 6) is 1.83. The van der Waals surface area contributed by atoms with Crippen LogP contribution in [-0.2, 0) is 4.74 Å². The standard InChI is InChI=1S/C13H25NO/c1-2-11(10-14-13-3-4-13)9-12-5-7-15-8-6-12/h11-14H,2-10H2,1H3. The minimum Gasteiger partial charge on any atom is -0.381 e. The first-order valence-electron chi connectivity index (χ1n) is 6.69. The van der Waals surface area contributed by atoms with Gasteiger partial charge in [-0.25, -0.2) is 0 Å². The van der Waals surface area contributed by atoms with E-state index in [2.05, 4.69) is 12.2 Å². The van der Waals surface area contributed by atoms with Crippen LogP contribution in [0.4, 0.5) is 0 Å². The van der Waals surface area contributed by atoms with Crippen molar-refractivity contribution in [2.24, 2.45) is 11.8 Å². The van der Waals surface area contributed by atoms with Crippen LogP contribution in [0.25, 0.3) is 0 Å². The smallest absolute Gasteiger partial charge is 0.0468 e. The van der Waals surface area contributed by atoms with Crippen molar-refractivity contribution >= 4 is 0 Å². The van der Waals surface area contributed by atoms with Crippen LogP contribution < -0.4 is 5.32 Å². The van der Waals surface area contributed by atoms with Crippen molar-refractivity contribution in [1.29, 1.82) is 0 Å². The van der Waals surface area contributed by atoms with Crippen LogP contribution in [0.2, 0.25) is 0 Å². The van der Waals surface area contributed by atoms with Crippen molar-refractivity contribution in [2.75, 3.05) is 19.8 Å². The van der Waals surface area contributed by atoms with Crippen LogP contribution in [0.3, 0.4) is 0 Å². The zero-order valence-corrected chi connectivity index (χ0v) is 10.0. The number of hydrogen-bond donors (Lipinski definition) is 1. The Morgan fingerprint density at radius 1 is 1.20 bits per heavy atom. The number of rotatable bonds is 6.